The Balaban J connectivity index is 1.80. The molecule has 2 rings (SSSR count). The molecule has 1 aliphatic heterocycles. The van der Waals surface area contributed by atoms with Gasteiger partial charge in [-0.2, -0.15) is 0 Å². The first-order valence-electron chi connectivity index (χ1n) is 6.18. The minimum Gasteiger partial charge on any atom is -0.381 e. The van der Waals surface area contributed by atoms with Gasteiger partial charge >= 0.3 is 0 Å². The molecule has 1 aliphatic rings. The number of nitrogens with zero attached hydrogens (tertiary/aromatic N) is 1. The van der Waals surface area contributed by atoms with E-state index in [1.165, 1.54) is 18.7 Å². The third-order valence-corrected chi connectivity index (χ3v) is 3.16. The summed E-state index contributed by atoms with van der Waals surface area (Å²) in [5.41, 5.74) is 0.878. The molecule has 0 spiro atoms. The monoisotopic (exact) mass is 238 g/mol. The van der Waals surface area contributed by atoms with E-state index in [4.69, 9.17) is 4.74 Å². The van der Waals surface area contributed by atoms with Crippen molar-refractivity contribution in [3.8, 4) is 0 Å². The molecule has 1 saturated heterocycles. The van der Waals surface area contributed by atoms with Crippen molar-refractivity contribution >= 4 is 0 Å². The second-order valence-electron chi connectivity index (χ2n) is 4.61. The third kappa shape index (κ3) is 3.75. The second kappa shape index (κ2) is 6.07. The fraction of sp³-hybridized carbons (Fsp3) is 0.615. The highest BCUT2D eigenvalue weighted by Crippen LogP contribution is 2.15. The Morgan fingerprint density at radius 3 is 3.12 bits per heavy atom. The highest BCUT2D eigenvalue weighted by atomic mass is 19.1. The van der Waals surface area contributed by atoms with E-state index in [0.29, 0.717) is 5.92 Å². The van der Waals surface area contributed by atoms with Gasteiger partial charge in [-0.1, -0.05) is 0 Å². The summed E-state index contributed by atoms with van der Waals surface area (Å²) < 4.78 is 18.2. The molecule has 3 nitrogen and oxygen atoms in total. The predicted octanol–water partition coefficient (Wildman–Crippen LogP) is 2.30. The quantitative estimate of drug-likeness (QED) is 0.874. The van der Waals surface area contributed by atoms with Crippen LogP contribution in [0, 0.1) is 11.7 Å². The van der Waals surface area contributed by atoms with Crippen LogP contribution in [0.15, 0.2) is 18.3 Å². The fourth-order valence-electron chi connectivity index (χ4n) is 2.06. The zero-order valence-electron chi connectivity index (χ0n) is 10.2. The van der Waals surface area contributed by atoms with Crippen LogP contribution < -0.4 is 5.32 Å². The molecule has 1 fully saturated rings. The number of aromatic nitrogens is 1. The fourth-order valence-corrected chi connectivity index (χ4v) is 2.06. The molecule has 17 heavy (non-hydrogen) atoms. The van der Waals surface area contributed by atoms with Crippen molar-refractivity contribution in [2.75, 3.05) is 19.8 Å². The standard InChI is InChI=1S/C13H19FN2O/c1-10(13-5-4-12(14)8-16-13)15-7-11-3-2-6-17-9-11/h4-5,8,10-11,15H,2-3,6-7,9H2,1H3. The number of rotatable bonds is 4. The molecule has 0 bridgehead atoms. The number of hydrogen-bond acceptors (Lipinski definition) is 3. The van der Waals surface area contributed by atoms with E-state index in [2.05, 4.69) is 10.3 Å². The van der Waals surface area contributed by atoms with Gasteiger partial charge in [0.15, 0.2) is 0 Å². The summed E-state index contributed by atoms with van der Waals surface area (Å²) in [6.45, 7) is 4.71. The van der Waals surface area contributed by atoms with E-state index in [9.17, 15) is 4.39 Å². The highest BCUT2D eigenvalue weighted by molar-refractivity contribution is 5.08. The molecule has 0 aromatic carbocycles. The zero-order valence-corrected chi connectivity index (χ0v) is 10.2. The van der Waals surface area contributed by atoms with E-state index >= 15 is 0 Å². The van der Waals surface area contributed by atoms with Crippen LogP contribution in [0.2, 0.25) is 0 Å². The molecule has 94 valence electrons. The van der Waals surface area contributed by atoms with Gasteiger partial charge in [0, 0.05) is 19.2 Å². The number of ether oxygens (including phenoxy) is 1. The Morgan fingerprint density at radius 1 is 1.59 bits per heavy atom. The van der Waals surface area contributed by atoms with Gasteiger partial charge < -0.3 is 10.1 Å². The molecule has 1 aromatic heterocycles. The zero-order chi connectivity index (χ0) is 12.1. The number of halogens is 1. The van der Waals surface area contributed by atoms with Gasteiger partial charge in [-0.05, 0) is 37.8 Å². The predicted molar refractivity (Wildman–Crippen MR) is 64.2 cm³/mol. The van der Waals surface area contributed by atoms with Crippen LogP contribution in [0.3, 0.4) is 0 Å². The summed E-state index contributed by atoms with van der Waals surface area (Å²) in [4.78, 5) is 4.07. The van der Waals surface area contributed by atoms with Crippen LogP contribution in [0.1, 0.15) is 31.5 Å². The van der Waals surface area contributed by atoms with Gasteiger partial charge in [0.2, 0.25) is 0 Å². The van der Waals surface area contributed by atoms with Gasteiger partial charge in [-0.25, -0.2) is 4.39 Å². The van der Waals surface area contributed by atoms with E-state index in [1.807, 2.05) is 6.92 Å². The molecule has 2 unspecified atom stereocenters. The molecule has 0 radical (unpaired) electrons. The van der Waals surface area contributed by atoms with Crippen LogP contribution >= 0.6 is 0 Å². The van der Waals surface area contributed by atoms with Crippen molar-refractivity contribution in [3.63, 3.8) is 0 Å². The molecule has 2 heterocycles. The lowest BCUT2D eigenvalue weighted by molar-refractivity contribution is 0.0539. The maximum absolute atomic E-state index is 12.7. The first-order chi connectivity index (χ1) is 8.25. The first kappa shape index (κ1) is 12.5. The summed E-state index contributed by atoms with van der Waals surface area (Å²) in [6.07, 6.45) is 3.63. The van der Waals surface area contributed by atoms with Crippen molar-refractivity contribution < 1.29 is 9.13 Å². The van der Waals surface area contributed by atoms with Crippen LogP contribution in [-0.4, -0.2) is 24.7 Å². The lowest BCUT2D eigenvalue weighted by atomic mass is 10.0. The molecular weight excluding hydrogens is 219 g/mol. The number of nitrogens with one attached hydrogen (secondary N) is 1. The number of hydrogen-bond donors (Lipinski definition) is 1. The Labute approximate surface area is 101 Å². The lowest BCUT2D eigenvalue weighted by Crippen LogP contribution is -2.31. The summed E-state index contributed by atoms with van der Waals surface area (Å²) >= 11 is 0. The van der Waals surface area contributed by atoms with Crippen LogP contribution in [0.5, 0.6) is 0 Å². The van der Waals surface area contributed by atoms with Gasteiger partial charge in [-0.3, -0.25) is 4.98 Å². The highest BCUT2D eigenvalue weighted by Gasteiger charge is 2.15. The SMILES string of the molecule is CC(NCC1CCCOC1)c1ccc(F)cn1. The maximum atomic E-state index is 12.7. The van der Waals surface area contributed by atoms with Gasteiger partial charge in [0.1, 0.15) is 5.82 Å². The summed E-state index contributed by atoms with van der Waals surface area (Å²) in [7, 11) is 0. The first-order valence-corrected chi connectivity index (χ1v) is 6.18. The van der Waals surface area contributed by atoms with Crippen molar-refractivity contribution in [1.29, 1.82) is 0 Å². The molecule has 0 saturated carbocycles. The van der Waals surface area contributed by atoms with Crippen LogP contribution in [-0.2, 0) is 4.74 Å². The minimum atomic E-state index is -0.290. The molecule has 0 amide bonds. The Kier molecular flexibility index (Phi) is 4.45. The van der Waals surface area contributed by atoms with E-state index < -0.39 is 0 Å². The third-order valence-electron chi connectivity index (χ3n) is 3.16. The van der Waals surface area contributed by atoms with Gasteiger partial charge in [-0.15, -0.1) is 0 Å². The Bertz CT molecular complexity index is 336. The molecule has 1 N–H and O–H groups in total. The molecule has 2 atom stereocenters. The number of pyridine rings is 1. The molecule has 1 aromatic rings. The van der Waals surface area contributed by atoms with E-state index in [-0.39, 0.29) is 11.9 Å². The lowest BCUT2D eigenvalue weighted by Gasteiger charge is -2.24. The molecular formula is C13H19FN2O. The van der Waals surface area contributed by atoms with Crippen molar-refractivity contribution in [2.24, 2.45) is 5.92 Å². The summed E-state index contributed by atoms with van der Waals surface area (Å²) in [5.74, 6) is 0.299. The average Bonchev–Trinajstić information content (AvgIpc) is 2.38. The topological polar surface area (TPSA) is 34.1 Å². The molecule has 0 aliphatic carbocycles. The largest absolute Gasteiger partial charge is 0.381 e. The van der Waals surface area contributed by atoms with E-state index in [0.717, 1.165) is 31.9 Å². The van der Waals surface area contributed by atoms with Crippen LogP contribution in [0.4, 0.5) is 4.39 Å². The second-order valence-corrected chi connectivity index (χ2v) is 4.61. The maximum Gasteiger partial charge on any atom is 0.141 e. The average molecular weight is 238 g/mol. The van der Waals surface area contributed by atoms with Crippen molar-refractivity contribution in [2.45, 2.75) is 25.8 Å². The van der Waals surface area contributed by atoms with Gasteiger partial charge in [0.25, 0.3) is 0 Å². The van der Waals surface area contributed by atoms with Crippen molar-refractivity contribution in [1.82, 2.24) is 10.3 Å². The van der Waals surface area contributed by atoms with Crippen molar-refractivity contribution in [3.05, 3.63) is 29.8 Å². The van der Waals surface area contributed by atoms with Crippen LogP contribution in [0.25, 0.3) is 0 Å². The smallest absolute Gasteiger partial charge is 0.141 e. The normalized spacial score (nSPS) is 22.4. The Morgan fingerprint density at radius 2 is 2.47 bits per heavy atom. The summed E-state index contributed by atoms with van der Waals surface area (Å²) in [5, 5.41) is 3.42. The van der Waals surface area contributed by atoms with Gasteiger partial charge in [0.05, 0.1) is 18.5 Å². The summed E-state index contributed by atoms with van der Waals surface area (Å²) in [6, 6.07) is 3.33. The minimum absolute atomic E-state index is 0.150. The molecule has 4 heteroatoms. The van der Waals surface area contributed by atoms with E-state index in [1.54, 1.807) is 6.07 Å². The Hall–Kier alpha value is -1.00.